The number of aliphatic carboxylic acids is 2. The summed E-state index contributed by atoms with van der Waals surface area (Å²) < 4.78 is 0. The van der Waals surface area contributed by atoms with E-state index in [2.05, 4.69) is 79.2 Å². The van der Waals surface area contributed by atoms with Crippen LogP contribution in [0.4, 0.5) is 0 Å². The molecule has 0 saturated carbocycles. The molecule has 0 atom stereocenters. The summed E-state index contributed by atoms with van der Waals surface area (Å²) >= 11 is 3.88. The van der Waals surface area contributed by atoms with Crippen LogP contribution < -0.4 is 10.2 Å². The van der Waals surface area contributed by atoms with Crippen LogP contribution in [0.3, 0.4) is 0 Å². The molecule has 0 radical (unpaired) electrons. The van der Waals surface area contributed by atoms with Gasteiger partial charge in [0, 0.05) is 57.9 Å². The Morgan fingerprint density at radius 2 is 1.64 bits per heavy atom. The fourth-order valence-electron chi connectivity index (χ4n) is 3.63. The van der Waals surface area contributed by atoms with Crippen molar-refractivity contribution in [3.8, 4) is 0 Å². The maximum absolute atomic E-state index is 9.41. The summed E-state index contributed by atoms with van der Waals surface area (Å²) in [5, 5.41) is 18.8. The molecule has 0 bridgehead atoms. The van der Waals surface area contributed by atoms with Gasteiger partial charge in [-0.1, -0.05) is 43.8 Å². The zero-order valence-corrected chi connectivity index (χ0v) is 22.4. The van der Waals surface area contributed by atoms with E-state index in [1.165, 1.54) is 37.3 Å². The number of hydrogen-bond acceptors (Lipinski definition) is 8. The normalized spacial score (nSPS) is 15.1. The number of benzene rings is 2. The van der Waals surface area contributed by atoms with Crippen molar-refractivity contribution in [1.29, 1.82) is 0 Å². The lowest BCUT2D eigenvalue weighted by Gasteiger charge is -2.36. The number of fused-ring (bicyclic) bond motifs is 2. The molecule has 1 saturated heterocycles. The lowest BCUT2D eigenvalue weighted by molar-refractivity contribution is -0.301. The van der Waals surface area contributed by atoms with Gasteiger partial charge in [-0.15, -0.1) is 11.8 Å². The smallest absolute Gasteiger partial charge is 0.0643 e. The molecule has 0 aliphatic carbocycles. The van der Waals surface area contributed by atoms with E-state index < -0.39 is 11.9 Å². The molecule has 0 aromatic heterocycles. The van der Waals surface area contributed by atoms with Crippen molar-refractivity contribution in [2.75, 3.05) is 39.0 Å². The number of likely N-dealkylation sites (N-methyl/N-ethyl adjacent to an activating group) is 1. The topological polar surface area (TPSA) is 118 Å². The van der Waals surface area contributed by atoms with Crippen LogP contribution in [-0.2, 0) is 9.59 Å². The third-order valence-corrected chi connectivity index (χ3v) is 8.03. The molecule has 1 fully saturated rings. The van der Waals surface area contributed by atoms with Crippen molar-refractivity contribution >= 4 is 47.2 Å². The minimum absolute atomic E-state index is 0. The molecule has 2 N–H and O–H groups in total. The molecule has 0 unspecified atom stereocenters. The number of rotatable bonds is 6. The Morgan fingerprint density at radius 1 is 1.00 bits per heavy atom. The van der Waals surface area contributed by atoms with Crippen LogP contribution in [0.25, 0.3) is 11.8 Å². The van der Waals surface area contributed by atoms with Gasteiger partial charge in [-0.2, -0.15) is 0 Å². The number of nitrogens with zero attached hydrogens (tertiary/aromatic N) is 2. The fraction of sp³-hybridized carbons (Fsp3) is 0.333. The summed E-state index contributed by atoms with van der Waals surface area (Å²) in [6.07, 6.45) is 3.18. The van der Waals surface area contributed by atoms with Crippen molar-refractivity contribution in [3.05, 3.63) is 65.7 Å². The molecule has 0 amide bonds. The Hall–Kier alpha value is -2.72. The minimum atomic E-state index is -1.55. The molecule has 0 spiro atoms. The number of carboxylic acid groups (broad SMARTS) is 2. The van der Waals surface area contributed by atoms with E-state index in [0.29, 0.717) is 18.1 Å². The van der Waals surface area contributed by atoms with E-state index in [1.54, 1.807) is 0 Å². The quantitative estimate of drug-likeness (QED) is 0.412. The molecular weight excluding hydrogens is 496 g/mol. The Kier molecular flexibility index (Phi) is 11.6. The molecule has 4 rings (SSSR count). The van der Waals surface area contributed by atoms with E-state index in [1.807, 2.05) is 23.5 Å². The largest absolute Gasteiger partial charge is 0.545 e. The van der Waals surface area contributed by atoms with Crippen molar-refractivity contribution < 1.29 is 25.3 Å². The van der Waals surface area contributed by atoms with Crippen molar-refractivity contribution in [1.82, 2.24) is 9.80 Å². The van der Waals surface area contributed by atoms with E-state index in [0.717, 1.165) is 26.2 Å². The maximum Gasteiger partial charge on any atom is 0.0643 e. The summed E-state index contributed by atoms with van der Waals surface area (Å²) in [6.45, 7) is 9.03. The number of carbonyl (C=O) groups is 2. The second kappa shape index (κ2) is 14.1. The first kappa shape index (κ1) is 29.5. The number of carboxylic acids is 2. The predicted molar refractivity (Wildman–Crippen MR) is 142 cm³/mol. The monoisotopic (exact) mass is 528 g/mol. The Bertz CT molecular complexity index is 1090. The lowest BCUT2D eigenvalue weighted by atomic mass is 10.1. The van der Waals surface area contributed by atoms with Crippen LogP contribution in [0.1, 0.15) is 25.0 Å². The molecule has 194 valence electrons. The molecule has 2 aromatic carbocycles. The van der Waals surface area contributed by atoms with Gasteiger partial charge in [0.1, 0.15) is 0 Å². The molecule has 36 heavy (non-hydrogen) atoms. The van der Waals surface area contributed by atoms with E-state index in [9.17, 15) is 19.8 Å². The van der Waals surface area contributed by atoms with E-state index >= 15 is 0 Å². The minimum Gasteiger partial charge on any atom is -0.545 e. The fourth-order valence-corrected chi connectivity index (χ4v) is 5.56. The summed E-state index contributed by atoms with van der Waals surface area (Å²) in [6, 6.07) is 15.8. The standard InChI is InChI=1S/C23H28N2S2.C4H4O4.H2O/c1-17(2)16-26-19-8-9-23-20(15-19)21(25-12-10-24(3)11-13-25)14-18-6-4-5-7-22(18)27-23;5-3(6)1-2-4(7)8;/h4-9,14-15,17H,10-13,16H2,1-3H3;1-2H,(H,5,6)(H,7,8);1H2/p-2/b;2-1-;. The van der Waals surface area contributed by atoms with Crippen LogP contribution in [-0.4, -0.2) is 66.2 Å². The number of carbonyl (C=O) groups excluding carboxylic acids is 2. The maximum atomic E-state index is 9.41. The second-order valence-electron chi connectivity index (χ2n) is 8.79. The number of thioether (sulfide) groups is 1. The van der Waals surface area contributed by atoms with Gasteiger partial charge in [0.2, 0.25) is 0 Å². The van der Waals surface area contributed by atoms with Crippen molar-refractivity contribution in [2.24, 2.45) is 5.92 Å². The van der Waals surface area contributed by atoms with E-state index in [4.69, 9.17) is 0 Å². The number of piperazine rings is 1. The molecular formula is C27H32N2O5S2-2. The highest BCUT2D eigenvalue weighted by molar-refractivity contribution is 7.99. The van der Waals surface area contributed by atoms with Gasteiger partial charge in [0.05, 0.1) is 11.9 Å². The SMILES string of the molecule is CC(C)CSc1ccc2c(c1)C(N1CCN(C)CC1)=Cc1ccccc1S2.O.O=C([O-])/C=C\C(=O)[O-]. The second-order valence-corrected chi connectivity index (χ2v) is 11.0. The summed E-state index contributed by atoms with van der Waals surface area (Å²) in [5.41, 5.74) is 4.13. The molecule has 2 aliphatic heterocycles. The lowest BCUT2D eigenvalue weighted by Crippen LogP contribution is -2.43. The van der Waals surface area contributed by atoms with Crippen LogP contribution in [0.15, 0.2) is 69.3 Å². The number of hydrogen-bond donors (Lipinski definition) is 0. The molecule has 2 heterocycles. The highest BCUT2D eigenvalue weighted by Gasteiger charge is 2.23. The molecule has 2 aliphatic rings. The third-order valence-electron chi connectivity index (χ3n) is 5.44. The van der Waals surface area contributed by atoms with Crippen LogP contribution in [0, 0.1) is 5.92 Å². The third kappa shape index (κ3) is 8.74. The van der Waals surface area contributed by atoms with Gasteiger partial charge < -0.3 is 35.1 Å². The highest BCUT2D eigenvalue weighted by Crippen LogP contribution is 2.43. The molecule has 7 nitrogen and oxygen atoms in total. The van der Waals surface area contributed by atoms with E-state index in [-0.39, 0.29) is 5.48 Å². The van der Waals surface area contributed by atoms with Gasteiger partial charge in [0.25, 0.3) is 0 Å². The van der Waals surface area contributed by atoms with Crippen LogP contribution in [0.5, 0.6) is 0 Å². The van der Waals surface area contributed by atoms with Crippen molar-refractivity contribution in [3.63, 3.8) is 0 Å². The predicted octanol–water partition coefficient (Wildman–Crippen LogP) is 1.86. The van der Waals surface area contributed by atoms with Gasteiger partial charge in [-0.05, 0) is 61.0 Å². The van der Waals surface area contributed by atoms with Gasteiger partial charge >= 0.3 is 0 Å². The summed E-state index contributed by atoms with van der Waals surface area (Å²) in [7, 11) is 2.22. The van der Waals surface area contributed by atoms with Gasteiger partial charge in [0.15, 0.2) is 0 Å². The van der Waals surface area contributed by atoms with Crippen LogP contribution in [0.2, 0.25) is 0 Å². The van der Waals surface area contributed by atoms with Gasteiger partial charge in [-0.3, -0.25) is 0 Å². The highest BCUT2D eigenvalue weighted by atomic mass is 32.2. The first-order chi connectivity index (χ1) is 16.7. The first-order valence-corrected chi connectivity index (χ1v) is 13.3. The zero-order chi connectivity index (χ0) is 25.4. The molecule has 2 aromatic rings. The average Bonchev–Trinajstić information content (AvgIpc) is 2.99. The first-order valence-electron chi connectivity index (χ1n) is 11.5. The zero-order valence-electron chi connectivity index (χ0n) is 20.7. The Labute approximate surface area is 221 Å². The van der Waals surface area contributed by atoms with Crippen molar-refractivity contribution in [2.45, 2.75) is 28.5 Å². The summed E-state index contributed by atoms with van der Waals surface area (Å²) in [4.78, 5) is 27.9. The van der Waals surface area contributed by atoms with Crippen LogP contribution >= 0.6 is 23.5 Å². The Morgan fingerprint density at radius 3 is 2.25 bits per heavy atom. The summed E-state index contributed by atoms with van der Waals surface area (Å²) in [5.74, 6) is -1.22. The van der Waals surface area contributed by atoms with Gasteiger partial charge in [-0.25, -0.2) is 0 Å². The Balaban J connectivity index is 0.000000442. The molecule has 9 heteroatoms. The average molecular weight is 529 g/mol.